The van der Waals surface area contributed by atoms with Gasteiger partial charge in [-0.25, -0.2) is 0 Å². The maximum Gasteiger partial charge on any atom is 0.237 e. The van der Waals surface area contributed by atoms with Gasteiger partial charge < -0.3 is 21.5 Å². The van der Waals surface area contributed by atoms with Crippen molar-refractivity contribution in [1.82, 2.24) is 5.32 Å². The van der Waals surface area contributed by atoms with Gasteiger partial charge in [0.25, 0.3) is 0 Å². The van der Waals surface area contributed by atoms with E-state index in [2.05, 4.69) is 61.7 Å². The van der Waals surface area contributed by atoms with Gasteiger partial charge in [-0.2, -0.15) is 0 Å². The quantitative estimate of drug-likeness (QED) is 0.453. The van der Waals surface area contributed by atoms with Crippen LogP contribution in [0.1, 0.15) is 51.4 Å². The summed E-state index contributed by atoms with van der Waals surface area (Å²) in [5.41, 5.74) is 15.5. The minimum absolute atomic E-state index is 0.0696. The fraction of sp³-hybridized carbons (Fsp3) is 0.321. The second-order valence-corrected chi connectivity index (χ2v) is 9.23. The number of carbonyl (C=O) groups excluding carboxylic acids is 1. The van der Waals surface area contributed by atoms with Crippen molar-refractivity contribution in [2.24, 2.45) is 5.73 Å². The molecule has 33 heavy (non-hydrogen) atoms. The fourth-order valence-corrected chi connectivity index (χ4v) is 4.80. The Morgan fingerprint density at radius 2 is 1.73 bits per heavy atom. The van der Waals surface area contributed by atoms with Gasteiger partial charge in [0.1, 0.15) is 5.75 Å². The smallest absolute Gasteiger partial charge is 0.237 e. The predicted molar refractivity (Wildman–Crippen MR) is 134 cm³/mol. The molecule has 5 heteroatoms. The Labute approximate surface area is 196 Å². The number of amides is 1. The lowest BCUT2D eigenvalue weighted by atomic mass is 9.92. The molecule has 4 rings (SSSR count). The third kappa shape index (κ3) is 5.37. The molecule has 0 spiro atoms. The first-order valence-corrected chi connectivity index (χ1v) is 11.6. The molecular formula is C28H33N3O2. The van der Waals surface area contributed by atoms with Gasteiger partial charge in [-0.1, -0.05) is 42.0 Å². The van der Waals surface area contributed by atoms with Crippen LogP contribution >= 0.6 is 0 Å². The highest BCUT2D eigenvalue weighted by Crippen LogP contribution is 2.31. The Balaban J connectivity index is 1.48. The van der Waals surface area contributed by atoms with Crippen molar-refractivity contribution in [3.8, 4) is 5.75 Å². The molecule has 0 radical (unpaired) electrons. The normalized spacial score (nSPS) is 15.9. The van der Waals surface area contributed by atoms with Gasteiger partial charge in [0.2, 0.25) is 5.91 Å². The van der Waals surface area contributed by atoms with Gasteiger partial charge in [0.15, 0.2) is 0 Å². The zero-order valence-corrected chi connectivity index (χ0v) is 19.6. The highest BCUT2D eigenvalue weighted by atomic mass is 16.3. The van der Waals surface area contributed by atoms with E-state index in [1.54, 1.807) is 12.1 Å². The summed E-state index contributed by atoms with van der Waals surface area (Å²) in [5, 5.41) is 16.2. The Bertz CT molecular complexity index is 1130. The van der Waals surface area contributed by atoms with E-state index in [0.29, 0.717) is 6.42 Å². The van der Waals surface area contributed by atoms with E-state index < -0.39 is 6.04 Å². The number of hydrogen-bond acceptors (Lipinski definition) is 4. The molecule has 5 N–H and O–H groups in total. The average molecular weight is 444 g/mol. The lowest BCUT2D eigenvalue weighted by Crippen LogP contribution is -2.44. The van der Waals surface area contributed by atoms with E-state index in [0.717, 1.165) is 47.3 Å². The number of hydrogen-bond donors (Lipinski definition) is 4. The molecule has 5 nitrogen and oxygen atoms in total. The van der Waals surface area contributed by atoms with Crippen molar-refractivity contribution >= 4 is 11.6 Å². The number of nitrogens with one attached hydrogen (secondary N) is 2. The first-order valence-electron chi connectivity index (χ1n) is 11.6. The summed E-state index contributed by atoms with van der Waals surface area (Å²) >= 11 is 0. The summed E-state index contributed by atoms with van der Waals surface area (Å²) < 4.78 is 0. The predicted octanol–water partition coefficient (Wildman–Crippen LogP) is 4.45. The van der Waals surface area contributed by atoms with E-state index in [4.69, 9.17) is 5.73 Å². The van der Waals surface area contributed by atoms with Crippen molar-refractivity contribution in [2.45, 2.75) is 52.1 Å². The highest BCUT2D eigenvalue weighted by molar-refractivity contribution is 5.82. The molecule has 2 atom stereocenters. The van der Waals surface area contributed by atoms with Gasteiger partial charge in [0, 0.05) is 12.2 Å². The summed E-state index contributed by atoms with van der Waals surface area (Å²) in [6.45, 7) is 7.05. The van der Waals surface area contributed by atoms with Crippen molar-refractivity contribution in [3.63, 3.8) is 0 Å². The minimum atomic E-state index is -0.594. The van der Waals surface area contributed by atoms with Crippen LogP contribution in [0, 0.1) is 20.8 Å². The lowest BCUT2D eigenvalue weighted by Gasteiger charge is -2.29. The molecule has 1 aliphatic rings. The molecule has 0 saturated carbocycles. The summed E-state index contributed by atoms with van der Waals surface area (Å²) in [5.74, 6) is 0.152. The number of rotatable bonds is 6. The molecule has 0 unspecified atom stereocenters. The molecule has 1 aliphatic heterocycles. The second-order valence-electron chi connectivity index (χ2n) is 9.23. The summed E-state index contributed by atoms with van der Waals surface area (Å²) in [6, 6.07) is 17.3. The monoisotopic (exact) mass is 443 g/mol. The maximum absolute atomic E-state index is 13.0. The zero-order valence-electron chi connectivity index (χ0n) is 19.6. The minimum Gasteiger partial charge on any atom is -0.508 e. The van der Waals surface area contributed by atoms with Gasteiger partial charge >= 0.3 is 0 Å². The average Bonchev–Trinajstić information content (AvgIpc) is 2.78. The van der Waals surface area contributed by atoms with Gasteiger partial charge in [0.05, 0.1) is 12.1 Å². The number of nitrogens with two attached hydrogens (primary N) is 1. The van der Waals surface area contributed by atoms with Crippen LogP contribution in [-0.2, 0) is 17.6 Å². The standard InChI is InChI=1S/C28H33N3O2/c1-17-12-18(2)23(19(3)13-17)16-25(29)28(33)31-27-10-11-30-26-9-6-21(15-24(26)27)14-20-4-7-22(32)8-5-20/h4-9,12-13,15,25,27,30,32H,10-11,14,16,29H2,1-3H3,(H,31,33)/t25-,27+/m0/s1. The van der Waals surface area contributed by atoms with Crippen molar-refractivity contribution < 1.29 is 9.90 Å². The van der Waals surface area contributed by atoms with Crippen molar-refractivity contribution in [2.75, 3.05) is 11.9 Å². The van der Waals surface area contributed by atoms with Gasteiger partial charge in [-0.05, 0) is 91.6 Å². The first-order chi connectivity index (χ1) is 15.8. The summed E-state index contributed by atoms with van der Waals surface area (Å²) in [4.78, 5) is 13.0. The molecule has 1 heterocycles. The molecule has 0 aromatic heterocycles. The molecule has 0 fully saturated rings. The summed E-state index contributed by atoms with van der Waals surface area (Å²) in [6.07, 6.45) is 2.11. The number of phenolic OH excluding ortho intramolecular Hbond substituents is 1. The van der Waals surface area contributed by atoms with Crippen LogP contribution in [-0.4, -0.2) is 23.6 Å². The number of fused-ring (bicyclic) bond motifs is 1. The first kappa shape index (κ1) is 22.9. The lowest BCUT2D eigenvalue weighted by molar-refractivity contribution is -0.123. The molecule has 1 amide bonds. The molecule has 0 aliphatic carbocycles. The molecule has 3 aromatic rings. The number of carbonyl (C=O) groups is 1. The van der Waals surface area contributed by atoms with Crippen LogP contribution in [0.25, 0.3) is 0 Å². The number of phenols is 1. The largest absolute Gasteiger partial charge is 0.508 e. The Morgan fingerprint density at radius 1 is 1.06 bits per heavy atom. The Hall–Kier alpha value is -3.31. The van der Waals surface area contributed by atoms with Gasteiger partial charge in [-0.3, -0.25) is 4.79 Å². The SMILES string of the molecule is Cc1cc(C)c(C[C@H](N)C(=O)N[C@@H]2CCNc3ccc(Cc4ccc(O)cc4)cc32)c(C)c1. The topological polar surface area (TPSA) is 87.4 Å². The number of benzene rings is 3. The highest BCUT2D eigenvalue weighted by Gasteiger charge is 2.25. The third-order valence-corrected chi connectivity index (χ3v) is 6.50. The molecule has 172 valence electrons. The van der Waals surface area contributed by atoms with E-state index in [9.17, 15) is 9.90 Å². The van der Waals surface area contributed by atoms with Crippen LogP contribution in [0.4, 0.5) is 5.69 Å². The Kier molecular flexibility index (Phi) is 6.70. The van der Waals surface area contributed by atoms with E-state index in [1.165, 1.54) is 16.7 Å². The zero-order chi connectivity index (χ0) is 23.5. The van der Waals surface area contributed by atoms with E-state index in [1.807, 2.05) is 12.1 Å². The fourth-order valence-electron chi connectivity index (χ4n) is 4.80. The van der Waals surface area contributed by atoms with Crippen LogP contribution < -0.4 is 16.4 Å². The van der Waals surface area contributed by atoms with Crippen molar-refractivity contribution in [3.05, 3.63) is 93.5 Å². The summed E-state index contributed by atoms with van der Waals surface area (Å²) in [7, 11) is 0. The van der Waals surface area contributed by atoms with Gasteiger partial charge in [-0.15, -0.1) is 0 Å². The van der Waals surface area contributed by atoms with E-state index >= 15 is 0 Å². The molecule has 3 aromatic carbocycles. The van der Waals surface area contributed by atoms with E-state index in [-0.39, 0.29) is 17.7 Å². The Morgan fingerprint density at radius 3 is 2.42 bits per heavy atom. The second kappa shape index (κ2) is 9.67. The maximum atomic E-state index is 13.0. The van der Waals surface area contributed by atoms with Crippen LogP contribution in [0.3, 0.4) is 0 Å². The van der Waals surface area contributed by atoms with Crippen LogP contribution in [0.15, 0.2) is 54.6 Å². The number of aromatic hydroxyl groups is 1. The molecule has 0 bridgehead atoms. The molecule has 0 saturated heterocycles. The number of anilines is 1. The molecular weight excluding hydrogens is 410 g/mol. The van der Waals surface area contributed by atoms with Crippen molar-refractivity contribution in [1.29, 1.82) is 0 Å². The third-order valence-electron chi connectivity index (χ3n) is 6.50. The number of aryl methyl sites for hydroxylation is 3. The van der Waals surface area contributed by atoms with Crippen LogP contribution in [0.2, 0.25) is 0 Å². The van der Waals surface area contributed by atoms with Crippen LogP contribution in [0.5, 0.6) is 5.75 Å².